The molecule has 198 valence electrons. The van der Waals surface area contributed by atoms with Crippen molar-refractivity contribution in [2.45, 2.75) is 126 Å². The molecule has 0 aromatic heterocycles. The molecule has 2 heteroatoms. The van der Waals surface area contributed by atoms with Gasteiger partial charge >= 0.3 is 5.97 Å². The normalized spacial score (nSPS) is 43.0. The highest BCUT2D eigenvalue weighted by atomic mass is 16.5. The van der Waals surface area contributed by atoms with Gasteiger partial charge in [0.05, 0.1) is 0 Å². The summed E-state index contributed by atoms with van der Waals surface area (Å²) in [6.45, 7) is 25.7. The van der Waals surface area contributed by atoms with E-state index in [9.17, 15) is 4.79 Å². The van der Waals surface area contributed by atoms with Crippen LogP contribution in [0.5, 0.6) is 0 Å². The number of esters is 1. The van der Waals surface area contributed by atoms with E-state index in [1.165, 1.54) is 50.5 Å². The summed E-state index contributed by atoms with van der Waals surface area (Å²) in [6, 6.07) is 0. The first kappa shape index (κ1) is 27.0. The predicted octanol–water partition coefficient (Wildman–Crippen LogP) is 9.15. The van der Waals surface area contributed by atoms with E-state index < -0.39 is 0 Å². The second kappa shape index (κ2) is 9.05. The van der Waals surface area contributed by atoms with Crippen LogP contribution in [-0.2, 0) is 9.53 Å². The molecule has 0 heterocycles. The molecule has 2 nitrogen and oxygen atoms in total. The fourth-order valence-electron chi connectivity index (χ4n) is 9.97. The fourth-order valence-corrected chi connectivity index (χ4v) is 9.97. The van der Waals surface area contributed by atoms with E-state index in [0.29, 0.717) is 28.6 Å². The molecule has 0 amide bonds. The predicted molar refractivity (Wildman–Crippen MR) is 147 cm³/mol. The van der Waals surface area contributed by atoms with Crippen molar-refractivity contribution in [1.82, 2.24) is 0 Å². The fraction of sp³-hybridized carbons (Fsp3) is 0.848. The van der Waals surface area contributed by atoms with Crippen LogP contribution in [0.25, 0.3) is 0 Å². The van der Waals surface area contributed by atoms with Crippen molar-refractivity contribution < 1.29 is 9.53 Å². The van der Waals surface area contributed by atoms with Crippen molar-refractivity contribution in [1.29, 1.82) is 0 Å². The van der Waals surface area contributed by atoms with E-state index >= 15 is 0 Å². The smallest absolute Gasteiger partial charge is 0.302 e. The van der Waals surface area contributed by atoms with Gasteiger partial charge in [-0.2, -0.15) is 0 Å². The molecule has 8 atom stereocenters. The van der Waals surface area contributed by atoms with Crippen LogP contribution in [0.2, 0.25) is 0 Å². The van der Waals surface area contributed by atoms with E-state index in [-0.39, 0.29) is 22.9 Å². The highest BCUT2D eigenvalue weighted by Gasteiger charge is 2.65. The lowest BCUT2D eigenvalue weighted by atomic mass is 9.41. The minimum absolute atomic E-state index is 0.0255. The van der Waals surface area contributed by atoms with Crippen molar-refractivity contribution in [2.24, 2.45) is 51.2 Å². The molecule has 8 unspecified atom stereocenters. The zero-order chi connectivity index (χ0) is 26.0. The zero-order valence-electron chi connectivity index (χ0n) is 24.4. The minimum Gasteiger partial charge on any atom is -0.462 e. The van der Waals surface area contributed by atoms with Crippen LogP contribution < -0.4 is 0 Å². The molecule has 0 saturated heterocycles. The number of fused-ring (bicyclic) bond motifs is 5. The van der Waals surface area contributed by atoms with Crippen molar-refractivity contribution in [3.8, 4) is 0 Å². The molecular formula is C33H54O2. The first-order valence-corrected chi connectivity index (χ1v) is 14.7. The molecule has 3 saturated carbocycles. The maximum absolute atomic E-state index is 11.8. The third-order valence-electron chi connectivity index (χ3n) is 12.5. The summed E-state index contributed by atoms with van der Waals surface area (Å²) in [5.41, 5.74) is 4.27. The molecule has 4 rings (SSSR count). The van der Waals surface area contributed by atoms with Crippen LogP contribution in [0.3, 0.4) is 0 Å². The molecule has 0 N–H and O–H groups in total. The SMILES string of the molecule is C=C(CCC(C)C1CCC2(C)C3CCC4C(C)(CCC(OC(C)=O)C4(C)C)C3=CCC12C)C(C)C. The van der Waals surface area contributed by atoms with Crippen LogP contribution in [0.4, 0.5) is 0 Å². The Kier molecular flexibility index (Phi) is 6.98. The Morgan fingerprint density at radius 3 is 2.34 bits per heavy atom. The van der Waals surface area contributed by atoms with Gasteiger partial charge in [0.1, 0.15) is 6.10 Å². The quantitative estimate of drug-likeness (QED) is 0.279. The monoisotopic (exact) mass is 482 g/mol. The summed E-state index contributed by atoms with van der Waals surface area (Å²) in [7, 11) is 0. The zero-order valence-corrected chi connectivity index (χ0v) is 24.4. The molecule has 0 aromatic rings. The third-order valence-corrected chi connectivity index (χ3v) is 12.5. The van der Waals surface area contributed by atoms with Crippen molar-refractivity contribution >= 4 is 5.97 Å². The Bertz CT molecular complexity index is 880. The summed E-state index contributed by atoms with van der Waals surface area (Å²) >= 11 is 0. The number of hydrogen-bond donors (Lipinski definition) is 0. The minimum atomic E-state index is -0.122. The maximum Gasteiger partial charge on any atom is 0.302 e. The number of carbonyl (C=O) groups is 1. The topological polar surface area (TPSA) is 26.3 Å². The van der Waals surface area contributed by atoms with E-state index in [1.807, 2.05) is 0 Å². The molecule has 4 aliphatic rings. The van der Waals surface area contributed by atoms with Gasteiger partial charge in [0.2, 0.25) is 0 Å². The Balaban J connectivity index is 1.59. The second-order valence-corrected chi connectivity index (χ2v) is 14.7. The number of carbonyl (C=O) groups excluding carboxylic acids is 1. The van der Waals surface area contributed by atoms with Gasteiger partial charge in [0.15, 0.2) is 0 Å². The summed E-state index contributed by atoms with van der Waals surface area (Å²) < 4.78 is 5.87. The Morgan fingerprint density at radius 2 is 1.71 bits per heavy atom. The number of allylic oxidation sites excluding steroid dienone is 3. The van der Waals surface area contributed by atoms with E-state index in [2.05, 4.69) is 68.0 Å². The van der Waals surface area contributed by atoms with Gasteiger partial charge < -0.3 is 4.74 Å². The van der Waals surface area contributed by atoms with Gasteiger partial charge in [-0.05, 0) is 104 Å². The van der Waals surface area contributed by atoms with Crippen molar-refractivity contribution in [2.75, 3.05) is 0 Å². The lowest BCUT2D eigenvalue weighted by Gasteiger charge is -2.64. The number of rotatable bonds is 6. The molecule has 3 fully saturated rings. The molecule has 35 heavy (non-hydrogen) atoms. The first-order valence-electron chi connectivity index (χ1n) is 14.7. The highest BCUT2D eigenvalue weighted by molar-refractivity contribution is 5.66. The molecular weight excluding hydrogens is 428 g/mol. The van der Waals surface area contributed by atoms with Gasteiger partial charge in [0.25, 0.3) is 0 Å². The van der Waals surface area contributed by atoms with Gasteiger partial charge in [0, 0.05) is 12.3 Å². The van der Waals surface area contributed by atoms with Gasteiger partial charge in [-0.3, -0.25) is 4.79 Å². The average Bonchev–Trinajstić information content (AvgIpc) is 3.05. The highest BCUT2D eigenvalue weighted by Crippen LogP contribution is 2.73. The molecule has 0 aliphatic heterocycles. The van der Waals surface area contributed by atoms with Gasteiger partial charge in [-0.1, -0.05) is 79.2 Å². The van der Waals surface area contributed by atoms with Crippen LogP contribution in [0.1, 0.15) is 120 Å². The van der Waals surface area contributed by atoms with Crippen LogP contribution in [0, 0.1) is 51.2 Å². The Morgan fingerprint density at radius 1 is 1.03 bits per heavy atom. The summed E-state index contributed by atoms with van der Waals surface area (Å²) in [5.74, 6) is 3.35. The Hall–Kier alpha value is -1.05. The van der Waals surface area contributed by atoms with Gasteiger partial charge in [-0.15, -0.1) is 0 Å². The lowest BCUT2D eigenvalue weighted by Crippen LogP contribution is -2.58. The molecule has 4 aliphatic carbocycles. The van der Waals surface area contributed by atoms with E-state index in [0.717, 1.165) is 24.7 Å². The van der Waals surface area contributed by atoms with Crippen molar-refractivity contribution in [3.63, 3.8) is 0 Å². The lowest BCUT2D eigenvalue weighted by molar-refractivity contribution is -0.170. The van der Waals surface area contributed by atoms with Crippen LogP contribution in [-0.4, -0.2) is 12.1 Å². The second-order valence-electron chi connectivity index (χ2n) is 14.7. The summed E-state index contributed by atoms with van der Waals surface area (Å²) in [6.07, 6.45) is 14.0. The third kappa shape index (κ3) is 4.08. The van der Waals surface area contributed by atoms with Gasteiger partial charge in [-0.25, -0.2) is 0 Å². The molecule has 0 radical (unpaired) electrons. The summed E-state index contributed by atoms with van der Waals surface area (Å²) in [5, 5.41) is 0. The Labute approximate surface area is 216 Å². The standard InChI is InChI=1S/C33H54O2/c1-21(2)22(3)11-12-23(4)25-15-19-33(10)27-13-14-28-30(6,7)29(35-24(5)34)17-18-31(28,8)26(27)16-20-32(25,33)9/h16,21,23,25,27-29H,3,11-15,17-20H2,1-2,4-10H3. The molecule has 0 spiro atoms. The first-order chi connectivity index (χ1) is 16.2. The summed E-state index contributed by atoms with van der Waals surface area (Å²) in [4.78, 5) is 11.8. The largest absolute Gasteiger partial charge is 0.462 e. The maximum atomic E-state index is 11.8. The van der Waals surface area contributed by atoms with Crippen molar-refractivity contribution in [3.05, 3.63) is 23.8 Å². The molecule has 0 aromatic carbocycles. The van der Waals surface area contributed by atoms with Crippen LogP contribution >= 0.6 is 0 Å². The number of hydrogen-bond acceptors (Lipinski definition) is 2. The number of ether oxygens (including phenoxy) is 1. The molecule has 0 bridgehead atoms. The van der Waals surface area contributed by atoms with E-state index in [4.69, 9.17) is 4.74 Å². The average molecular weight is 483 g/mol. The van der Waals surface area contributed by atoms with Crippen LogP contribution in [0.15, 0.2) is 23.8 Å². The van der Waals surface area contributed by atoms with E-state index in [1.54, 1.807) is 12.5 Å².